The molecule has 33 heavy (non-hydrogen) atoms. The number of aliphatic hydroxyl groups excluding tert-OH is 1. The number of carbonyl (C=O) groups is 2. The summed E-state index contributed by atoms with van der Waals surface area (Å²) in [6, 6.07) is 9.23. The summed E-state index contributed by atoms with van der Waals surface area (Å²) in [4.78, 5) is 24.4. The van der Waals surface area contributed by atoms with Crippen LogP contribution in [-0.2, 0) is 9.53 Å². The van der Waals surface area contributed by atoms with Crippen LogP contribution in [0.1, 0.15) is 32.4 Å². The van der Waals surface area contributed by atoms with Crippen molar-refractivity contribution in [2.45, 2.75) is 26.9 Å². The molecule has 0 saturated carbocycles. The number of halogens is 2. The molecule has 0 aliphatic rings. The van der Waals surface area contributed by atoms with Crippen molar-refractivity contribution in [1.29, 1.82) is 0 Å². The van der Waals surface area contributed by atoms with Gasteiger partial charge in [0.2, 0.25) is 0 Å². The van der Waals surface area contributed by atoms with Gasteiger partial charge in [-0.1, -0.05) is 24.6 Å². The van der Waals surface area contributed by atoms with Gasteiger partial charge in [-0.25, -0.2) is 19.1 Å². The summed E-state index contributed by atoms with van der Waals surface area (Å²) in [7, 11) is 0. The zero-order valence-electron chi connectivity index (χ0n) is 18.4. The van der Waals surface area contributed by atoms with Crippen molar-refractivity contribution in [3.05, 3.63) is 70.8 Å². The van der Waals surface area contributed by atoms with Crippen LogP contribution >= 0.6 is 0 Å². The van der Waals surface area contributed by atoms with Gasteiger partial charge in [-0.2, -0.15) is 0 Å². The molecule has 0 aliphatic carbocycles. The number of amides is 2. The number of ether oxygens (including phenoxy) is 2. The predicted molar refractivity (Wildman–Crippen MR) is 116 cm³/mol. The molecule has 0 aromatic heterocycles. The highest BCUT2D eigenvalue weighted by Gasteiger charge is 2.27. The molecule has 0 saturated heterocycles. The number of nitrogens with one attached hydrogen (secondary N) is 2. The minimum atomic E-state index is -0.991. The minimum Gasteiger partial charge on any atom is -0.491 e. The van der Waals surface area contributed by atoms with Gasteiger partial charge >= 0.3 is 6.09 Å². The Balaban J connectivity index is 2.33. The molecule has 10 heteroatoms. The Hall–Kier alpha value is -3.50. The highest BCUT2D eigenvalue weighted by Crippen LogP contribution is 2.34. The zero-order valence-corrected chi connectivity index (χ0v) is 18.4. The Morgan fingerprint density at radius 2 is 1.76 bits per heavy atom. The molecular formula is C23H26F2N2O6. The van der Waals surface area contributed by atoms with Crippen molar-refractivity contribution in [2.24, 2.45) is 5.92 Å². The second-order valence-electron chi connectivity index (χ2n) is 7.25. The molecular weight excluding hydrogens is 438 g/mol. The molecule has 0 radical (unpaired) electrons. The summed E-state index contributed by atoms with van der Waals surface area (Å²) in [5.41, 5.74) is 2.61. The SMILES string of the molecule is C/C(C(=O)NO)=C(/C)[C@@H](C)[C@@H](OC(=O)Nc1ccc(F)cc1F)c1ccc(OCCO)cc1. The van der Waals surface area contributed by atoms with Gasteiger partial charge in [-0.05, 0) is 43.7 Å². The summed E-state index contributed by atoms with van der Waals surface area (Å²) in [5.74, 6) is -2.51. The van der Waals surface area contributed by atoms with E-state index in [1.165, 1.54) is 6.92 Å². The van der Waals surface area contributed by atoms with Crippen LogP contribution in [0.3, 0.4) is 0 Å². The number of hydrogen-bond acceptors (Lipinski definition) is 6. The van der Waals surface area contributed by atoms with Crippen molar-refractivity contribution in [1.82, 2.24) is 5.48 Å². The number of benzene rings is 2. The van der Waals surface area contributed by atoms with Gasteiger partial charge in [0.15, 0.2) is 0 Å². The fourth-order valence-electron chi connectivity index (χ4n) is 3.05. The number of hydroxylamine groups is 1. The van der Waals surface area contributed by atoms with Crippen LogP contribution in [0.15, 0.2) is 53.6 Å². The molecule has 4 N–H and O–H groups in total. The molecule has 0 fully saturated rings. The maximum absolute atomic E-state index is 13.9. The second-order valence-corrected chi connectivity index (χ2v) is 7.25. The molecule has 178 valence electrons. The average molecular weight is 464 g/mol. The van der Waals surface area contributed by atoms with Crippen LogP contribution < -0.4 is 15.5 Å². The van der Waals surface area contributed by atoms with E-state index in [0.717, 1.165) is 12.1 Å². The Morgan fingerprint density at radius 3 is 2.33 bits per heavy atom. The number of aliphatic hydroxyl groups is 1. The third-order valence-electron chi connectivity index (χ3n) is 5.14. The van der Waals surface area contributed by atoms with Crippen LogP contribution in [0.5, 0.6) is 5.75 Å². The molecule has 2 rings (SSSR count). The van der Waals surface area contributed by atoms with Crippen LogP contribution in [0.4, 0.5) is 19.3 Å². The summed E-state index contributed by atoms with van der Waals surface area (Å²) >= 11 is 0. The lowest BCUT2D eigenvalue weighted by atomic mass is 9.88. The van der Waals surface area contributed by atoms with Gasteiger partial charge in [0.05, 0.1) is 12.3 Å². The van der Waals surface area contributed by atoms with E-state index in [9.17, 15) is 18.4 Å². The van der Waals surface area contributed by atoms with Crippen LogP contribution in [0.25, 0.3) is 0 Å². The van der Waals surface area contributed by atoms with Gasteiger partial charge < -0.3 is 14.6 Å². The van der Waals surface area contributed by atoms with Crippen molar-refractivity contribution < 1.29 is 38.2 Å². The van der Waals surface area contributed by atoms with E-state index in [0.29, 0.717) is 23.0 Å². The van der Waals surface area contributed by atoms with Gasteiger partial charge in [-0.3, -0.25) is 15.3 Å². The average Bonchev–Trinajstić information content (AvgIpc) is 2.81. The van der Waals surface area contributed by atoms with Crippen molar-refractivity contribution in [2.75, 3.05) is 18.5 Å². The summed E-state index contributed by atoms with van der Waals surface area (Å²) in [5, 5.41) is 20.1. The van der Waals surface area contributed by atoms with E-state index in [4.69, 9.17) is 19.8 Å². The first kappa shape index (κ1) is 25.8. The van der Waals surface area contributed by atoms with E-state index in [2.05, 4.69) is 5.32 Å². The van der Waals surface area contributed by atoms with Gasteiger partial charge in [0, 0.05) is 17.6 Å². The topological polar surface area (TPSA) is 117 Å². The smallest absolute Gasteiger partial charge is 0.412 e. The van der Waals surface area contributed by atoms with Crippen molar-refractivity contribution >= 4 is 17.7 Å². The minimum absolute atomic E-state index is 0.110. The van der Waals surface area contributed by atoms with Crippen molar-refractivity contribution in [3.8, 4) is 5.75 Å². The molecule has 8 nitrogen and oxygen atoms in total. The van der Waals surface area contributed by atoms with Crippen LogP contribution in [0, 0.1) is 17.6 Å². The Morgan fingerprint density at radius 1 is 1.09 bits per heavy atom. The maximum Gasteiger partial charge on any atom is 0.412 e. The first-order chi connectivity index (χ1) is 15.7. The number of anilines is 1. The number of carbonyl (C=O) groups excluding carboxylic acids is 2. The third-order valence-corrected chi connectivity index (χ3v) is 5.14. The fourth-order valence-corrected chi connectivity index (χ4v) is 3.05. The normalized spacial score (nSPS) is 13.4. The molecule has 0 bridgehead atoms. The lowest BCUT2D eigenvalue weighted by Gasteiger charge is -2.26. The van der Waals surface area contributed by atoms with Gasteiger partial charge in [0.1, 0.15) is 30.1 Å². The van der Waals surface area contributed by atoms with Crippen molar-refractivity contribution in [3.63, 3.8) is 0 Å². The largest absolute Gasteiger partial charge is 0.491 e. The van der Waals surface area contributed by atoms with Crippen LogP contribution in [0.2, 0.25) is 0 Å². The summed E-state index contributed by atoms with van der Waals surface area (Å²) in [6.07, 6.45) is -1.91. The lowest BCUT2D eigenvalue weighted by Crippen LogP contribution is -2.25. The Bertz CT molecular complexity index is 1010. The molecule has 2 aromatic rings. The number of rotatable bonds is 9. The first-order valence-electron chi connectivity index (χ1n) is 10.1. The van der Waals surface area contributed by atoms with E-state index in [-0.39, 0.29) is 24.5 Å². The Kier molecular flexibility index (Phi) is 9.31. The number of hydrogen-bond donors (Lipinski definition) is 4. The monoisotopic (exact) mass is 464 g/mol. The summed E-state index contributed by atoms with van der Waals surface area (Å²) < 4.78 is 38.0. The first-order valence-corrected chi connectivity index (χ1v) is 10.1. The second kappa shape index (κ2) is 11.9. The molecule has 0 unspecified atom stereocenters. The van der Waals surface area contributed by atoms with E-state index in [1.807, 2.05) is 0 Å². The zero-order chi connectivity index (χ0) is 24.5. The Labute approximate surface area is 189 Å². The standard InChI is InChI=1S/C23H26F2N2O6/c1-13(15(3)22(29)27-31)14(2)21(16-4-7-18(8-5-16)32-11-10-28)33-23(30)26-20-9-6-17(24)12-19(20)25/h4-9,12,14,21,28,31H,10-11H2,1-3H3,(H,26,30)(H,27,29)/b15-13+/t14-,21-/m1/s1. The molecule has 0 spiro atoms. The predicted octanol–water partition coefficient (Wildman–Crippen LogP) is 4.10. The third kappa shape index (κ3) is 6.99. The van der Waals surface area contributed by atoms with E-state index >= 15 is 0 Å². The maximum atomic E-state index is 13.9. The molecule has 2 atom stereocenters. The van der Waals surface area contributed by atoms with E-state index < -0.39 is 35.7 Å². The molecule has 0 heterocycles. The fraction of sp³-hybridized carbons (Fsp3) is 0.304. The van der Waals surface area contributed by atoms with Crippen LogP contribution in [-0.4, -0.2) is 35.5 Å². The highest BCUT2D eigenvalue weighted by molar-refractivity contribution is 5.92. The van der Waals surface area contributed by atoms with E-state index in [1.54, 1.807) is 43.6 Å². The quantitative estimate of drug-likeness (QED) is 0.252. The summed E-state index contributed by atoms with van der Waals surface area (Å²) in [6.45, 7) is 4.84. The molecule has 2 aromatic carbocycles. The molecule has 0 aliphatic heterocycles. The molecule has 2 amide bonds. The van der Waals surface area contributed by atoms with Gasteiger partial charge in [-0.15, -0.1) is 0 Å². The lowest BCUT2D eigenvalue weighted by molar-refractivity contribution is -0.125. The van der Waals surface area contributed by atoms with Gasteiger partial charge in [0.25, 0.3) is 5.91 Å². The highest BCUT2D eigenvalue weighted by atomic mass is 19.1.